The Bertz CT molecular complexity index is 872. The van der Waals surface area contributed by atoms with Crippen molar-refractivity contribution in [1.29, 1.82) is 0 Å². The van der Waals surface area contributed by atoms with Crippen LogP contribution in [0.15, 0.2) is 6.20 Å². The summed E-state index contributed by atoms with van der Waals surface area (Å²) < 4.78 is 25.7. The van der Waals surface area contributed by atoms with Gasteiger partial charge < -0.3 is 9.80 Å². The lowest BCUT2D eigenvalue weighted by molar-refractivity contribution is -0.129. The summed E-state index contributed by atoms with van der Waals surface area (Å²) in [5, 5.41) is -0.488. The van der Waals surface area contributed by atoms with Gasteiger partial charge in [0.05, 0.1) is 23.2 Å². The zero-order valence-corrected chi connectivity index (χ0v) is 17.7. The van der Waals surface area contributed by atoms with Gasteiger partial charge >= 0.3 is 0 Å². The fourth-order valence-corrected chi connectivity index (χ4v) is 6.65. The zero-order chi connectivity index (χ0) is 20.1. The fraction of sp³-hybridized carbons (Fsp3) is 0.737. The minimum Gasteiger partial charge on any atom is -0.348 e. The number of likely N-dealkylation sites (tertiary alicyclic amines) is 1. The molecular weight excluding hydrogens is 378 g/mol. The number of nitrogens with zero attached hydrogens (tertiary/aromatic N) is 5. The molecule has 3 aliphatic heterocycles. The minimum absolute atomic E-state index is 0.00432. The number of carbonyl (C=O) groups excluding carboxylic acids is 1. The number of aromatic nitrogens is 2. The molecule has 9 heteroatoms. The molecule has 0 radical (unpaired) electrons. The highest BCUT2D eigenvalue weighted by Gasteiger charge is 2.47. The Morgan fingerprint density at radius 1 is 1.29 bits per heavy atom. The van der Waals surface area contributed by atoms with Gasteiger partial charge in [-0.15, -0.1) is 0 Å². The quantitative estimate of drug-likeness (QED) is 0.721. The molecule has 0 N–H and O–H groups in total. The average Bonchev–Trinajstić information content (AvgIpc) is 3.06. The number of hydrogen-bond donors (Lipinski definition) is 0. The molecule has 154 valence electrons. The Morgan fingerprint density at radius 3 is 2.79 bits per heavy atom. The molecule has 0 unspecified atom stereocenters. The van der Waals surface area contributed by atoms with Crippen LogP contribution in [-0.2, 0) is 20.4 Å². The van der Waals surface area contributed by atoms with Crippen LogP contribution in [0.3, 0.4) is 0 Å². The minimum atomic E-state index is -3.27. The van der Waals surface area contributed by atoms with Crippen LogP contribution in [0.4, 0.5) is 5.95 Å². The average molecular weight is 408 g/mol. The molecule has 3 aliphatic rings. The molecule has 4 rings (SSSR count). The first-order valence-corrected chi connectivity index (χ1v) is 11.7. The first-order chi connectivity index (χ1) is 13.2. The number of sulfone groups is 1. The summed E-state index contributed by atoms with van der Waals surface area (Å²) in [6.45, 7) is 5.30. The van der Waals surface area contributed by atoms with Crippen molar-refractivity contribution < 1.29 is 13.2 Å². The number of carbonyl (C=O) groups is 1. The highest BCUT2D eigenvalue weighted by molar-refractivity contribution is 7.91. The van der Waals surface area contributed by atoms with Crippen LogP contribution in [0.1, 0.15) is 36.9 Å². The third-order valence-corrected chi connectivity index (χ3v) is 8.31. The van der Waals surface area contributed by atoms with E-state index in [2.05, 4.69) is 16.8 Å². The van der Waals surface area contributed by atoms with Crippen molar-refractivity contribution in [2.75, 3.05) is 51.7 Å². The highest BCUT2D eigenvalue weighted by Crippen LogP contribution is 2.39. The number of hydrogen-bond acceptors (Lipinski definition) is 7. The molecule has 2 saturated heterocycles. The maximum atomic E-state index is 12.8. The van der Waals surface area contributed by atoms with Crippen molar-refractivity contribution in [1.82, 2.24) is 19.8 Å². The Kier molecular flexibility index (Phi) is 5.07. The van der Waals surface area contributed by atoms with Gasteiger partial charge in [0, 0.05) is 58.0 Å². The molecule has 1 amide bonds. The molecule has 0 aromatic carbocycles. The van der Waals surface area contributed by atoms with E-state index in [1.54, 1.807) is 25.2 Å². The predicted octanol–water partition coefficient (Wildman–Crippen LogP) is 0.497. The van der Waals surface area contributed by atoms with Crippen LogP contribution in [0.5, 0.6) is 0 Å². The number of likely N-dealkylation sites (N-methyl/N-ethyl adjacent to an activating group) is 1. The Balaban J connectivity index is 1.62. The van der Waals surface area contributed by atoms with Gasteiger partial charge in [0.1, 0.15) is 0 Å². The van der Waals surface area contributed by atoms with E-state index in [1.807, 2.05) is 4.90 Å². The number of piperidine rings is 1. The van der Waals surface area contributed by atoms with E-state index in [-0.39, 0.29) is 24.1 Å². The molecule has 0 bridgehead atoms. The molecule has 4 heterocycles. The Labute approximate surface area is 166 Å². The van der Waals surface area contributed by atoms with Gasteiger partial charge in [0.2, 0.25) is 11.9 Å². The van der Waals surface area contributed by atoms with Crippen LogP contribution in [0.25, 0.3) is 0 Å². The molecular formula is C19H29N5O3S. The SMILES string of the molecule is C[C@@H]1CCCN(c2ncc3c(n2)[C@H]2CN(CC(=O)N(C)C)C[C@H]2S(=O)(=O)C3)C1. The van der Waals surface area contributed by atoms with Crippen molar-refractivity contribution in [3.63, 3.8) is 0 Å². The molecule has 2 fully saturated rings. The van der Waals surface area contributed by atoms with Crippen molar-refractivity contribution in [3.8, 4) is 0 Å². The number of anilines is 1. The first-order valence-electron chi connectivity index (χ1n) is 9.99. The number of fused-ring (bicyclic) bond motifs is 3. The smallest absolute Gasteiger partial charge is 0.236 e. The van der Waals surface area contributed by atoms with Crippen molar-refractivity contribution in [2.45, 2.75) is 36.7 Å². The Morgan fingerprint density at radius 2 is 2.07 bits per heavy atom. The maximum Gasteiger partial charge on any atom is 0.236 e. The van der Waals surface area contributed by atoms with Gasteiger partial charge in [-0.3, -0.25) is 9.69 Å². The van der Waals surface area contributed by atoms with Gasteiger partial charge in [-0.1, -0.05) is 6.92 Å². The van der Waals surface area contributed by atoms with E-state index < -0.39 is 15.1 Å². The summed E-state index contributed by atoms with van der Waals surface area (Å²) in [5.41, 5.74) is 1.58. The Hall–Kier alpha value is -1.74. The second-order valence-electron chi connectivity index (χ2n) is 8.71. The lowest BCUT2D eigenvalue weighted by Gasteiger charge is -2.32. The van der Waals surface area contributed by atoms with Gasteiger partial charge in [-0.2, -0.15) is 0 Å². The molecule has 0 aliphatic carbocycles. The van der Waals surface area contributed by atoms with Gasteiger partial charge in [-0.05, 0) is 18.8 Å². The van der Waals surface area contributed by atoms with E-state index in [9.17, 15) is 13.2 Å². The van der Waals surface area contributed by atoms with Gasteiger partial charge in [0.15, 0.2) is 9.84 Å². The molecule has 1 aromatic rings. The summed E-state index contributed by atoms with van der Waals surface area (Å²) in [5.74, 6) is 1.12. The largest absolute Gasteiger partial charge is 0.348 e. The summed E-state index contributed by atoms with van der Waals surface area (Å²) in [6.07, 6.45) is 4.06. The standard InChI is InChI=1S/C19H29N5O3S/c1-13-5-4-6-24(8-13)19-20-7-14-12-28(26,27)16-10-23(11-17(25)22(2)3)9-15(16)18(14)21-19/h7,13,15-16H,4-6,8-12H2,1-3H3/t13-,15+,16-/m1/s1. The lowest BCUT2D eigenvalue weighted by Crippen LogP contribution is -2.38. The number of amides is 1. The third-order valence-electron chi connectivity index (χ3n) is 6.19. The molecule has 28 heavy (non-hydrogen) atoms. The molecule has 0 spiro atoms. The van der Waals surface area contributed by atoms with E-state index in [4.69, 9.17) is 4.98 Å². The van der Waals surface area contributed by atoms with Crippen LogP contribution < -0.4 is 4.90 Å². The van der Waals surface area contributed by atoms with Crippen LogP contribution >= 0.6 is 0 Å². The normalized spacial score (nSPS) is 29.2. The molecule has 8 nitrogen and oxygen atoms in total. The first kappa shape index (κ1) is 19.6. The lowest BCUT2D eigenvalue weighted by atomic mass is 9.99. The summed E-state index contributed by atoms with van der Waals surface area (Å²) in [6, 6.07) is 0. The van der Waals surface area contributed by atoms with Gasteiger partial charge in [0.25, 0.3) is 0 Å². The summed E-state index contributed by atoms with van der Waals surface area (Å²) in [4.78, 5) is 27.2. The maximum absolute atomic E-state index is 12.8. The second kappa shape index (κ2) is 7.26. The third kappa shape index (κ3) is 3.61. The van der Waals surface area contributed by atoms with Crippen molar-refractivity contribution in [3.05, 3.63) is 17.5 Å². The van der Waals surface area contributed by atoms with Crippen LogP contribution in [0.2, 0.25) is 0 Å². The predicted molar refractivity (Wildman–Crippen MR) is 107 cm³/mol. The van der Waals surface area contributed by atoms with Crippen molar-refractivity contribution >= 4 is 21.7 Å². The van der Waals surface area contributed by atoms with E-state index in [0.717, 1.165) is 30.8 Å². The topological polar surface area (TPSA) is 86.7 Å². The highest BCUT2D eigenvalue weighted by atomic mass is 32.2. The van der Waals surface area contributed by atoms with E-state index >= 15 is 0 Å². The van der Waals surface area contributed by atoms with E-state index in [1.165, 1.54) is 6.42 Å². The summed E-state index contributed by atoms with van der Waals surface area (Å²) >= 11 is 0. The second-order valence-corrected chi connectivity index (χ2v) is 10.9. The molecule has 1 aromatic heterocycles. The summed E-state index contributed by atoms with van der Waals surface area (Å²) in [7, 11) is 0.168. The number of rotatable bonds is 3. The fourth-order valence-electron chi connectivity index (χ4n) is 4.63. The van der Waals surface area contributed by atoms with Crippen LogP contribution in [0, 0.1) is 5.92 Å². The monoisotopic (exact) mass is 407 g/mol. The molecule has 0 saturated carbocycles. The molecule has 3 atom stereocenters. The van der Waals surface area contributed by atoms with E-state index in [0.29, 0.717) is 25.0 Å². The van der Waals surface area contributed by atoms with Crippen LogP contribution in [-0.4, -0.2) is 86.2 Å². The zero-order valence-electron chi connectivity index (χ0n) is 16.8. The van der Waals surface area contributed by atoms with Crippen molar-refractivity contribution in [2.24, 2.45) is 5.92 Å². The van der Waals surface area contributed by atoms with Gasteiger partial charge in [-0.25, -0.2) is 18.4 Å².